The van der Waals surface area contributed by atoms with E-state index in [1.807, 2.05) is 46.8 Å². The highest BCUT2D eigenvalue weighted by Crippen LogP contribution is 2.12. The Hall–Kier alpha value is -1.90. The molecule has 70 valence electrons. The van der Waals surface area contributed by atoms with E-state index in [1.54, 1.807) is 12.4 Å². The summed E-state index contributed by atoms with van der Waals surface area (Å²) < 4.78 is 3.81. The Morgan fingerprint density at radius 2 is 2.29 bits per heavy atom. The smallest absolute Gasteiger partial charge is 0.236 e. The predicted octanol–water partition coefficient (Wildman–Crippen LogP) is 1.48. The van der Waals surface area contributed by atoms with E-state index in [9.17, 15) is 0 Å². The van der Waals surface area contributed by atoms with Gasteiger partial charge in [0.05, 0.1) is 0 Å². The molecule has 3 heteroatoms. The molecule has 3 nitrogen and oxygen atoms in total. The van der Waals surface area contributed by atoms with Gasteiger partial charge in [-0.15, -0.1) is 0 Å². The molecule has 0 saturated carbocycles. The molecule has 0 spiro atoms. The number of aromatic nitrogens is 3. The molecule has 14 heavy (non-hydrogen) atoms. The number of rotatable bonds is 2. The summed E-state index contributed by atoms with van der Waals surface area (Å²) in [7, 11) is 1.93. The van der Waals surface area contributed by atoms with Crippen LogP contribution in [0.25, 0.3) is 17.6 Å². The molecule has 0 N–H and O–H groups in total. The van der Waals surface area contributed by atoms with E-state index in [4.69, 9.17) is 0 Å². The molecule has 2 aromatic rings. The van der Waals surface area contributed by atoms with Crippen LogP contribution in [0.5, 0.6) is 0 Å². The molecule has 0 aliphatic carbocycles. The number of hydrogen-bond donors (Lipinski definition) is 0. The molecule has 0 amide bonds. The van der Waals surface area contributed by atoms with Crippen LogP contribution in [0.4, 0.5) is 0 Å². The minimum absolute atomic E-state index is 1.07. The van der Waals surface area contributed by atoms with Crippen LogP contribution in [0.3, 0.4) is 0 Å². The number of hydrogen-bond acceptors (Lipinski definition) is 1. The zero-order valence-corrected chi connectivity index (χ0v) is 8.09. The van der Waals surface area contributed by atoms with Crippen molar-refractivity contribution in [1.29, 1.82) is 0 Å². The highest BCUT2D eigenvalue weighted by Gasteiger charge is 2.12. The average molecular weight is 186 g/mol. The largest absolute Gasteiger partial charge is 0.262 e. The van der Waals surface area contributed by atoms with Crippen LogP contribution in [0.15, 0.2) is 43.2 Å². The van der Waals surface area contributed by atoms with Gasteiger partial charge in [-0.05, 0) is 18.7 Å². The van der Waals surface area contributed by atoms with E-state index in [1.165, 1.54) is 0 Å². The highest BCUT2D eigenvalue weighted by atomic mass is 15.3. The van der Waals surface area contributed by atoms with Gasteiger partial charge < -0.3 is 0 Å². The first-order valence-electron chi connectivity index (χ1n) is 4.44. The van der Waals surface area contributed by atoms with Crippen molar-refractivity contribution >= 4 is 6.20 Å². The fourth-order valence-corrected chi connectivity index (χ4v) is 1.46. The summed E-state index contributed by atoms with van der Waals surface area (Å²) in [5.74, 6) is 0. The Morgan fingerprint density at radius 3 is 2.93 bits per heavy atom. The first-order valence-corrected chi connectivity index (χ1v) is 4.44. The van der Waals surface area contributed by atoms with Crippen LogP contribution in [-0.4, -0.2) is 9.78 Å². The standard InChI is InChI=1S/C11H12N3/c1-3-14-9-5-4-6-11(14)10-7-8-12-13(10)2/h3-9H,1H2,2H3/q+1. The zero-order valence-electron chi connectivity index (χ0n) is 8.09. The van der Waals surface area contributed by atoms with Crippen molar-refractivity contribution in [3.63, 3.8) is 0 Å². The Balaban J connectivity index is 2.62. The molecular formula is C11H12N3+. The third kappa shape index (κ3) is 1.33. The quantitative estimate of drug-likeness (QED) is 0.651. The van der Waals surface area contributed by atoms with Crippen LogP contribution < -0.4 is 4.57 Å². The molecule has 0 aliphatic heterocycles. The molecule has 0 radical (unpaired) electrons. The Kier molecular flexibility index (Phi) is 2.14. The van der Waals surface area contributed by atoms with Gasteiger partial charge in [0.2, 0.25) is 5.69 Å². The first-order chi connectivity index (χ1) is 6.83. The van der Waals surface area contributed by atoms with Gasteiger partial charge in [-0.3, -0.25) is 4.68 Å². The Morgan fingerprint density at radius 1 is 1.43 bits per heavy atom. The maximum Gasteiger partial charge on any atom is 0.236 e. The maximum absolute atomic E-state index is 4.14. The van der Waals surface area contributed by atoms with Crippen molar-refractivity contribution in [3.8, 4) is 11.4 Å². The Bertz CT molecular complexity index is 457. The molecule has 2 rings (SSSR count). The molecule has 0 fully saturated rings. The molecule has 0 saturated heterocycles. The molecule has 0 aromatic carbocycles. The summed E-state index contributed by atoms with van der Waals surface area (Å²) in [5, 5.41) is 4.14. The predicted molar refractivity (Wildman–Crippen MR) is 55.2 cm³/mol. The topological polar surface area (TPSA) is 21.7 Å². The molecule has 2 aromatic heterocycles. The summed E-state index contributed by atoms with van der Waals surface area (Å²) in [6.07, 6.45) is 5.54. The molecule has 0 aliphatic rings. The molecule has 0 bridgehead atoms. The van der Waals surface area contributed by atoms with Crippen LogP contribution in [-0.2, 0) is 7.05 Å². The number of aryl methyl sites for hydroxylation is 1. The van der Waals surface area contributed by atoms with E-state index in [2.05, 4.69) is 11.7 Å². The minimum atomic E-state index is 1.07. The number of nitrogens with zero attached hydrogens (tertiary/aromatic N) is 3. The van der Waals surface area contributed by atoms with Gasteiger partial charge in [0, 0.05) is 25.4 Å². The van der Waals surface area contributed by atoms with Crippen LogP contribution in [0, 0.1) is 0 Å². The van der Waals surface area contributed by atoms with Gasteiger partial charge in [0.15, 0.2) is 12.4 Å². The van der Waals surface area contributed by atoms with E-state index in [0.717, 1.165) is 11.4 Å². The highest BCUT2D eigenvalue weighted by molar-refractivity contribution is 5.50. The lowest BCUT2D eigenvalue weighted by Crippen LogP contribution is -2.28. The van der Waals surface area contributed by atoms with E-state index < -0.39 is 0 Å². The second kappa shape index (κ2) is 3.46. The molecule has 0 atom stereocenters. The van der Waals surface area contributed by atoms with Crippen molar-refractivity contribution in [2.24, 2.45) is 7.05 Å². The van der Waals surface area contributed by atoms with Crippen LogP contribution in [0.2, 0.25) is 0 Å². The fraction of sp³-hybridized carbons (Fsp3) is 0.0909. The fourth-order valence-electron chi connectivity index (χ4n) is 1.46. The monoisotopic (exact) mass is 186 g/mol. The van der Waals surface area contributed by atoms with Crippen molar-refractivity contribution < 1.29 is 4.57 Å². The second-order valence-corrected chi connectivity index (χ2v) is 3.02. The van der Waals surface area contributed by atoms with Gasteiger partial charge in [0.1, 0.15) is 5.69 Å². The zero-order chi connectivity index (χ0) is 9.97. The lowest BCUT2D eigenvalue weighted by atomic mass is 10.2. The van der Waals surface area contributed by atoms with Crippen molar-refractivity contribution in [2.45, 2.75) is 0 Å². The third-order valence-corrected chi connectivity index (χ3v) is 2.17. The minimum Gasteiger partial charge on any atom is -0.262 e. The summed E-state index contributed by atoms with van der Waals surface area (Å²) >= 11 is 0. The van der Waals surface area contributed by atoms with Crippen LogP contribution >= 0.6 is 0 Å². The van der Waals surface area contributed by atoms with Crippen molar-refractivity contribution in [3.05, 3.63) is 43.2 Å². The molecular weight excluding hydrogens is 174 g/mol. The average Bonchev–Trinajstić information content (AvgIpc) is 2.64. The van der Waals surface area contributed by atoms with Gasteiger partial charge in [-0.1, -0.05) is 0 Å². The SMILES string of the molecule is C=C[n+]1ccccc1-c1ccnn1C. The van der Waals surface area contributed by atoms with E-state index in [-0.39, 0.29) is 0 Å². The normalized spacial score (nSPS) is 10.1. The van der Waals surface area contributed by atoms with E-state index in [0.29, 0.717) is 0 Å². The summed E-state index contributed by atoms with van der Waals surface area (Å²) in [6.45, 7) is 3.76. The summed E-state index contributed by atoms with van der Waals surface area (Å²) in [5.41, 5.74) is 2.16. The molecule has 2 heterocycles. The number of pyridine rings is 1. The third-order valence-electron chi connectivity index (χ3n) is 2.17. The molecule has 0 unspecified atom stereocenters. The second-order valence-electron chi connectivity index (χ2n) is 3.02. The lowest BCUT2D eigenvalue weighted by molar-refractivity contribution is -0.556. The summed E-state index contributed by atoms with van der Waals surface area (Å²) in [6, 6.07) is 8.00. The van der Waals surface area contributed by atoms with Gasteiger partial charge in [0.25, 0.3) is 0 Å². The van der Waals surface area contributed by atoms with E-state index >= 15 is 0 Å². The van der Waals surface area contributed by atoms with Gasteiger partial charge in [-0.25, -0.2) is 0 Å². The maximum atomic E-state index is 4.14. The van der Waals surface area contributed by atoms with Gasteiger partial charge in [-0.2, -0.15) is 9.67 Å². The Labute approximate surface area is 82.9 Å². The van der Waals surface area contributed by atoms with Crippen molar-refractivity contribution in [1.82, 2.24) is 9.78 Å². The summed E-state index contributed by atoms with van der Waals surface area (Å²) in [4.78, 5) is 0. The van der Waals surface area contributed by atoms with Crippen LogP contribution in [0.1, 0.15) is 0 Å². The van der Waals surface area contributed by atoms with Gasteiger partial charge >= 0.3 is 0 Å². The lowest BCUT2D eigenvalue weighted by Gasteiger charge is -1.99. The first kappa shape index (κ1) is 8.69. The van der Waals surface area contributed by atoms with Crippen molar-refractivity contribution in [2.75, 3.05) is 0 Å².